The van der Waals surface area contributed by atoms with Crippen LogP contribution < -0.4 is 9.47 Å². The molecule has 13 heteroatoms. The first-order chi connectivity index (χ1) is 22.1. The van der Waals surface area contributed by atoms with Gasteiger partial charge in [0.15, 0.2) is 11.6 Å². The molecule has 4 aromatic rings. The zero-order valence-corrected chi connectivity index (χ0v) is 23.4. The fourth-order valence-electron chi connectivity index (χ4n) is 4.01. The van der Waals surface area contributed by atoms with Gasteiger partial charge in [-0.1, -0.05) is 29.8 Å². The molecule has 0 fully saturated rings. The van der Waals surface area contributed by atoms with E-state index in [-0.39, 0.29) is 23.1 Å². The summed E-state index contributed by atoms with van der Waals surface area (Å²) in [7, 11) is 0. The maximum Gasteiger partial charge on any atom is 0.573 e. The fraction of sp³-hybridized carbons (Fsp3) is 0.118. The molecule has 2 nitrogen and oxygen atoms in total. The Morgan fingerprint density at radius 3 is 1.60 bits per heavy atom. The van der Waals surface area contributed by atoms with Gasteiger partial charge in [-0.05, 0) is 79.1 Å². The van der Waals surface area contributed by atoms with Gasteiger partial charge in [0.05, 0.1) is 5.56 Å². The van der Waals surface area contributed by atoms with Crippen LogP contribution in [-0.4, -0.2) is 6.36 Å². The summed E-state index contributed by atoms with van der Waals surface area (Å²) >= 11 is 0. The van der Waals surface area contributed by atoms with Crippen molar-refractivity contribution in [2.75, 3.05) is 0 Å². The molecule has 0 saturated carbocycles. The SMILES string of the molecule is C=CCCc1cc(F)c(C(F)(F)Oc2ccc(C#Cc3cc(F)c(C#Cc4cc(F)c(OC(F)(F)F)c(F)c4)c(F)c3)cc2)c(F)c1. The highest BCUT2D eigenvalue weighted by atomic mass is 19.4. The summed E-state index contributed by atoms with van der Waals surface area (Å²) in [5.41, 5.74) is -2.84. The Balaban J connectivity index is 1.48. The molecule has 47 heavy (non-hydrogen) atoms. The monoisotopic (exact) mass is 666 g/mol. The Bertz CT molecular complexity index is 1870. The Hall–Kier alpha value is -5.43. The highest BCUT2D eigenvalue weighted by molar-refractivity contribution is 5.50. The summed E-state index contributed by atoms with van der Waals surface area (Å²) in [6.07, 6.45) is -7.68. The van der Waals surface area contributed by atoms with Gasteiger partial charge in [0, 0.05) is 16.7 Å². The number of halogens is 11. The summed E-state index contributed by atoms with van der Waals surface area (Å²) < 4.78 is 160. The number of allylic oxidation sites excluding steroid dienone is 1. The van der Waals surface area contributed by atoms with Gasteiger partial charge in [0.25, 0.3) is 0 Å². The van der Waals surface area contributed by atoms with Gasteiger partial charge in [-0.25, -0.2) is 26.3 Å². The van der Waals surface area contributed by atoms with E-state index in [0.717, 1.165) is 36.4 Å². The first kappa shape index (κ1) is 34.4. The zero-order valence-electron chi connectivity index (χ0n) is 23.4. The maximum atomic E-state index is 14.7. The van der Waals surface area contributed by atoms with Crippen molar-refractivity contribution in [1.29, 1.82) is 0 Å². The average Bonchev–Trinajstić information content (AvgIpc) is 2.96. The highest BCUT2D eigenvalue weighted by Crippen LogP contribution is 2.36. The van der Waals surface area contributed by atoms with Gasteiger partial charge in [-0.15, -0.1) is 19.8 Å². The molecule has 4 aromatic carbocycles. The minimum absolute atomic E-state index is 0.158. The normalized spacial score (nSPS) is 11.2. The van der Waals surface area contributed by atoms with E-state index in [1.807, 2.05) is 11.8 Å². The first-order valence-electron chi connectivity index (χ1n) is 13.1. The zero-order chi connectivity index (χ0) is 34.5. The number of aryl methyl sites for hydroxylation is 1. The molecule has 0 heterocycles. The van der Waals surface area contributed by atoms with E-state index in [9.17, 15) is 48.3 Å². The summed E-state index contributed by atoms with van der Waals surface area (Å²) in [5.74, 6) is -2.16. The van der Waals surface area contributed by atoms with Gasteiger partial charge >= 0.3 is 12.5 Å². The van der Waals surface area contributed by atoms with E-state index in [4.69, 9.17) is 0 Å². The van der Waals surface area contributed by atoms with E-state index < -0.39 is 75.6 Å². The molecule has 0 amide bonds. The molecule has 0 radical (unpaired) electrons. The maximum absolute atomic E-state index is 14.7. The van der Waals surface area contributed by atoms with Crippen molar-refractivity contribution in [3.8, 4) is 35.2 Å². The molecule has 0 spiro atoms. The highest BCUT2D eigenvalue weighted by Gasteiger charge is 2.41. The molecule has 0 unspecified atom stereocenters. The van der Waals surface area contributed by atoms with Crippen LogP contribution in [0.3, 0.4) is 0 Å². The number of benzene rings is 4. The molecule has 0 bridgehead atoms. The van der Waals surface area contributed by atoms with Crippen molar-refractivity contribution in [2.24, 2.45) is 0 Å². The topological polar surface area (TPSA) is 18.5 Å². The van der Waals surface area contributed by atoms with Gasteiger partial charge in [-0.2, -0.15) is 8.78 Å². The second kappa shape index (κ2) is 13.9. The number of ether oxygens (including phenoxy) is 2. The van der Waals surface area contributed by atoms with E-state index in [1.54, 1.807) is 0 Å². The first-order valence-corrected chi connectivity index (χ1v) is 13.1. The Kier molecular flexibility index (Phi) is 10.2. The minimum atomic E-state index is -5.37. The van der Waals surface area contributed by atoms with Crippen molar-refractivity contribution in [3.05, 3.63) is 142 Å². The lowest BCUT2D eigenvalue weighted by Crippen LogP contribution is -2.25. The van der Waals surface area contributed by atoms with Gasteiger partial charge < -0.3 is 9.47 Å². The molecular formula is C34H17F11O2. The lowest BCUT2D eigenvalue weighted by molar-refractivity contribution is -0.276. The molecule has 0 aliphatic rings. The van der Waals surface area contributed by atoms with Crippen LogP contribution in [0.25, 0.3) is 0 Å². The van der Waals surface area contributed by atoms with Crippen LogP contribution in [0.2, 0.25) is 0 Å². The van der Waals surface area contributed by atoms with Crippen LogP contribution >= 0.6 is 0 Å². The smallest absolute Gasteiger partial charge is 0.429 e. The van der Waals surface area contributed by atoms with Crippen molar-refractivity contribution in [1.82, 2.24) is 0 Å². The largest absolute Gasteiger partial charge is 0.573 e. The summed E-state index contributed by atoms with van der Waals surface area (Å²) in [4.78, 5) is 0. The predicted molar refractivity (Wildman–Crippen MR) is 147 cm³/mol. The lowest BCUT2D eigenvalue weighted by atomic mass is 10.1. The lowest BCUT2D eigenvalue weighted by Gasteiger charge is -2.20. The van der Waals surface area contributed by atoms with Crippen molar-refractivity contribution >= 4 is 0 Å². The second-order valence-corrected chi connectivity index (χ2v) is 9.54. The van der Waals surface area contributed by atoms with Crippen LogP contribution in [-0.2, 0) is 12.5 Å². The van der Waals surface area contributed by atoms with Crippen LogP contribution in [0.4, 0.5) is 48.3 Å². The van der Waals surface area contributed by atoms with Crippen LogP contribution in [0.5, 0.6) is 11.5 Å². The average molecular weight is 666 g/mol. The molecule has 0 atom stereocenters. The summed E-state index contributed by atoms with van der Waals surface area (Å²) in [6, 6.07) is 8.30. The fourth-order valence-corrected chi connectivity index (χ4v) is 4.01. The standard InChI is InChI=1S/C34H17F11O2/c1-2-3-4-20-15-27(37)31(28(38)16-20)33(41,42)46-23-10-7-19(8-11-23)5-6-21-13-25(35)24(26(36)14-21)12-9-22-17-29(39)32(30(40)18-22)47-34(43,44)45/h2,7-8,10-11,13-18H,1,3-4H2. The quantitative estimate of drug-likeness (QED) is 0.111. The molecule has 0 aliphatic heterocycles. The van der Waals surface area contributed by atoms with E-state index in [0.29, 0.717) is 18.6 Å². The Labute approximate surface area is 260 Å². The van der Waals surface area contributed by atoms with Crippen LogP contribution in [0, 0.1) is 58.6 Å². The van der Waals surface area contributed by atoms with Gasteiger partial charge in [0.1, 0.15) is 34.6 Å². The van der Waals surface area contributed by atoms with Crippen molar-refractivity contribution in [2.45, 2.75) is 25.3 Å². The third-order valence-electron chi connectivity index (χ3n) is 6.07. The number of alkyl halides is 5. The van der Waals surface area contributed by atoms with Crippen molar-refractivity contribution in [3.63, 3.8) is 0 Å². The predicted octanol–water partition coefficient (Wildman–Crippen LogP) is 9.47. The third-order valence-corrected chi connectivity index (χ3v) is 6.07. The number of hydrogen-bond donors (Lipinski definition) is 0. The van der Waals surface area contributed by atoms with E-state index in [1.165, 1.54) is 18.2 Å². The number of rotatable bonds is 7. The van der Waals surface area contributed by atoms with Gasteiger partial charge in [-0.3, -0.25) is 0 Å². The molecular weight excluding hydrogens is 649 g/mol. The summed E-state index contributed by atoms with van der Waals surface area (Å²) in [5, 5.41) is 0. The third kappa shape index (κ3) is 8.85. The molecule has 242 valence electrons. The molecule has 0 saturated heterocycles. The van der Waals surface area contributed by atoms with Crippen LogP contribution in [0.15, 0.2) is 73.3 Å². The molecule has 4 rings (SSSR count). The Morgan fingerprint density at radius 1 is 0.596 bits per heavy atom. The van der Waals surface area contributed by atoms with Crippen molar-refractivity contribution < 1.29 is 57.8 Å². The number of hydrogen-bond acceptors (Lipinski definition) is 2. The van der Waals surface area contributed by atoms with E-state index in [2.05, 4.69) is 27.9 Å². The molecule has 0 aliphatic carbocycles. The minimum Gasteiger partial charge on any atom is -0.429 e. The molecule has 0 aromatic heterocycles. The molecule has 0 N–H and O–H groups in total. The van der Waals surface area contributed by atoms with E-state index >= 15 is 0 Å². The summed E-state index contributed by atoms with van der Waals surface area (Å²) in [6.45, 7) is 3.48. The van der Waals surface area contributed by atoms with Gasteiger partial charge in [0.2, 0.25) is 5.75 Å². The second-order valence-electron chi connectivity index (χ2n) is 9.54. The van der Waals surface area contributed by atoms with Crippen LogP contribution in [0.1, 0.15) is 39.8 Å². The Morgan fingerprint density at radius 2 is 1.09 bits per heavy atom.